The van der Waals surface area contributed by atoms with Crippen molar-refractivity contribution in [3.8, 4) is 0 Å². The molecule has 6 nitrogen and oxygen atoms in total. The summed E-state index contributed by atoms with van der Waals surface area (Å²) < 4.78 is 13.0. The number of rotatable bonds is 5. The second-order valence-corrected chi connectivity index (χ2v) is 7.42. The molecular formula is C18H13Cl2FN4O2S. The molecule has 144 valence electrons. The molecule has 1 heterocycles. The van der Waals surface area contributed by atoms with Crippen LogP contribution >= 0.6 is 35.0 Å². The van der Waals surface area contributed by atoms with Gasteiger partial charge in [0, 0.05) is 21.4 Å². The highest BCUT2D eigenvalue weighted by Gasteiger charge is 2.14. The Morgan fingerprint density at radius 1 is 1.21 bits per heavy atom. The summed E-state index contributed by atoms with van der Waals surface area (Å²) in [4.78, 5) is 31.1. The second-order valence-electron chi connectivity index (χ2n) is 5.62. The minimum absolute atomic E-state index is 0.135. The van der Waals surface area contributed by atoms with Gasteiger partial charge in [-0.2, -0.15) is 0 Å². The SMILES string of the molecule is Nc1nc(SCc2ccc(Cl)cc2Cl)[nH]c(=O)c1NC(=O)c1ccc(F)cc1. The fourth-order valence-electron chi connectivity index (χ4n) is 2.23. The van der Waals surface area contributed by atoms with E-state index in [0.29, 0.717) is 15.8 Å². The number of nitrogens with two attached hydrogens (primary N) is 1. The van der Waals surface area contributed by atoms with Gasteiger partial charge in [-0.05, 0) is 42.0 Å². The van der Waals surface area contributed by atoms with E-state index in [1.807, 2.05) is 0 Å². The van der Waals surface area contributed by atoms with Gasteiger partial charge in [-0.25, -0.2) is 9.37 Å². The number of anilines is 2. The molecule has 1 aromatic heterocycles. The topological polar surface area (TPSA) is 101 Å². The van der Waals surface area contributed by atoms with Crippen LogP contribution in [0.5, 0.6) is 0 Å². The van der Waals surface area contributed by atoms with E-state index < -0.39 is 17.3 Å². The number of halogens is 3. The van der Waals surface area contributed by atoms with E-state index >= 15 is 0 Å². The van der Waals surface area contributed by atoms with Crippen LogP contribution in [-0.2, 0) is 5.75 Å². The van der Waals surface area contributed by atoms with Crippen LogP contribution in [0, 0.1) is 5.82 Å². The zero-order chi connectivity index (χ0) is 20.3. The Bertz CT molecular complexity index is 1090. The first kappa shape index (κ1) is 20.2. The van der Waals surface area contributed by atoms with Crippen molar-refractivity contribution in [2.45, 2.75) is 10.9 Å². The zero-order valence-electron chi connectivity index (χ0n) is 14.1. The number of hydrogen-bond donors (Lipinski definition) is 3. The quantitative estimate of drug-likeness (QED) is 0.406. The number of aromatic nitrogens is 2. The number of carbonyl (C=O) groups is 1. The molecule has 0 aliphatic heterocycles. The van der Waals surface area contributed by atoms with Crippen LogP contribution in [0.2, 0.25) is 10.0 Å². The molecule has 0 aliphatic carbocycles. The van der Waals surface area contributed by atoms with Crippen molar-refractivity contribution in [1.82, 2.24) is 9.97 Å². The third-order valence-electron chi connectivity index (χ3n) is 3.65. The number of H-pyrrole nitrogens is 1. The monoisotopic (exact) mass is 438 g/mol. The van der Waals surface area contributed by atoms with Gasteiger partial charge in [0.25, 0.3) is 11.5 Å². The molecule has 0 aliphatic rings. The van der Waals surface area contributed by atoms with E-state index in [1.165, 1.54) is 23.9 Å². The lowest BCUT2D eigenvalue weighted by molar-refractivity contribution is 0.102. The summed E-state index contributed by atoms with van der Waals surface area (Å²) in [6.45, 7) is 0. The van der Waals surface area contributed by atoms with Gasteiger partial charge < -0.3 is 11.1 Å². The van der Waals surface area contributed by atoms with E-state index in [1.54, 1.807) is 18.2 Å². The summed E-state index contributed by atoms with van der Waals surface area (Å²) in [5.74, 6) is -0.784. The molecule has 0 saturated carbocycles. The molecule has 28 heavy (non-hydrogen) atoms. The van der Waals surface area contributed by atoms with Crippen molar-refractivity contribution in [3.05, 3.63) is 79.8 Å². The van der Waals surface area contributed by atoms with Crippen LogP contribution in [0.1, 0.15) is 15.9 Å². The maximum atomic E-state index is 13.0. The van der Waals surface area contributed by atoms with Gasteiger partial charge in [-0.15, -0.1) is 0 Å². The number of nitrogens with one attached hydrogen (secondary N) is 2. The van der Waals surface area contributed by atoms with Crippen LogP contribution in [-0.4, -0.2) is 15.9 Å². The van der Waals surface area contributed by atoms with Gasteiger partial charge >= 0.3 is 0 Å². The number of amides is 1. The third-order valence-corrected chi connectivity index (χ3v) is 5.16. The summed E-state index contributed by atoms with van der Waals surface area (Å²) in [6.07, 6.45) is 0. The Hall–Kier alpha value is -2.55. The first-order chi connectivity index (χ1) is 13.3. The number of nitrogen functional groups attached to an aromatic ring is 1. The summed E-state index contributed by atoms with van der Waals surface area (Å²) in [5, 5.41) is 3.69. The zero-order valence-corrected chi connectivity index (χ0v) is 16.5. The van der Waals surface area contributed by atoms with Gasteiger partial charge in [-0.1, -0.05) is 41.0 Å². The summed E-state index contributed by atoms with van der Waals surface area (Å²) in [5.41, 5.74) is 6.04. The number of benzene rings is 2. The number of hydrogen-bond acceptors (Lipinski definition) is 5. The molecule has 3 rings (SSSR count). The molecule has 0 unspecified atom stereocenters. The van der Waals surface area contributed by atoms with Crippen molar-refractivity contribution in [3.63, 3.8) is 0 Å². The average molecular weight is 439 g/mol. The molecular weight excluding hydrogens is 426 g/mol. The van der Waals surface area contributed by atoms with Crippen molar-refractivity contribution in [2.24, 2.45) is 0 Å². The Morgan fingerprint density at radius 3 is 2.57 bits per heavy atom. The standard InChI is InChI=1S/C18H13Cl2FN4O2S/c19-11-4-1-10(13(20)7-11)8-28-18-24-15(22)14(17(27)25-18)23-16(26)9-2-5-12(21)6-3-9/h1-7H,8H2,(H,23,26)(H3,22,24,25,27). The minimum atomic E-state index is -0.604. The lowest BCUT2D eigenvalue weighted by Crippen LogP contribution is -2.23. The van der Waals surface area contributed by atoms with Crippen molar-refractivity contribution in [2.75, 3.05) is 11.1 Å². The molecule has 0 bridgehead atoms. The van der Waals surface area contributed by atoms with Crippen LogP contribution in [0.3, 0.4) is 0 Å². The largest absolute Gasteiger partial charge is 0.382 e. The summed E-state index contributed by atoms with van der Waals surface area (Å²) in [6, 6.07) is 9.98. The van der Waals surface area contributed by atoms with E-state index in [-0.39, 0.29) is 22.2 Å². The summed E-state index contributed by atoms with van der Waals surface area (Å²) in [7, 11) is 0. The molecule has 0 fully saturated rings. The van der Waals surface area contributed by atoms with E-state index in [2.05, 4.69) is 15.3 Å². The average Bonchev–Trinajstić information content (AvgIpc) is 2.64. The van der Waals surface area contributed by atoms with Gasteiger partial charge in [0.05, 0.1) is 0 Å². The molecule has 10 heteroatoms. The molecule has 0 saturated heterocycles. The Balaban J connectivity index is 1.74. The molecule has 1 amide bonds. The molecule has 4 N–H and O–H groups in total. The van der Waals surface area contributed by atoms with E-state index in [4.69, 9.17) is 28.9 Å². The number of carbonyl (C=O) groups excluding carboxylic acids is 1. The fourth-order valence-corrected chi connectivity index (χ4v) is 3.66. The smallest absolute Gasteiger partial charge is 0.277 e. The highest BCUT2D eigenvalue weighted by Crippen LogP contribution is 2.27. The second kappa shape index (κ2) is 8.64. The highest BCUT2D eigenvalue weighted by atomic mass is 35.5. The van der Waals surface area contributed by atoms with E-state index in [0.717, 1.165) is 17.7 Å². The van der Waals surface area contributed by atoms with Crippen LogP contribution in [0.25, 0.3) is 0 Å². The Morgan fingerprint density at radius 2 is 1.93 bits per heavy atom. The molecule has 0 spiro atoms. The van der Waals surface area contributed by atoms with Crippen molar-refractivity contribution < 1.29 is 9.18 Å². The molecule has 3 aromatic rings. The summed E-state index contributed by atoms with van der Waals surface area (Å²) >= 11 is 13.2. The number of nitrogens with zero attached hydrogens (tertiary/aromatic N) is 1. The lowest BCUT2D eigenvalue weighted by atomic mass is 10.2. The fraction of sp³-hybridized carbons (Fsp3) is 0.0556. The Kier molecular flexibility index (Phi) is 6.23. The minimum Gasteiger partial charge on any atom is -0.382 e. The maximum Gasteiger partial charge on any atom is 0.277 e. The van der Waals surface area contributed by atoms with E-state index in [9.17, 15) is 14.0 Å². The first-order valence-electron chi connectivity index (χ1n) is 7.87. The number of aromatic amines is 1. The molecule has 2 aromatic carbocycles. The van der Waals surface area contributed by atoms with Gasteiger partial charge in [0.2, 0.25) is 0 Å². The first-order valence-corrected chi connectivity index (χ1v) is 9.61. The van der Waals surface area contributed by atoms with Gasteiger partial charge in [-0.3, -0.25) is 14.6 Å². The third kappa shape index (κ3) is 4.83. The molecule has 0 radical (unpaired) electrons. The lowest BCUT2D eigenvalue weighted by Gasteiger charge is -2.09. The van der Waals surface area contributed by atoms with Crippen molar-refractivity contribution in [1.29, 1.82) is 0 Å². The number of thioether (sulfide) groups is 1. The van der Waals surface area contributed by atoms with Crippen LogP contribution in [0.15, 0.2) is 52.4 Å². The highest BCUT2D eigenvalue weighted by molar-refractivity contribution is 7.98. The van der Waals surface area contributed by atoms with Gasteiger partial charge in [0.1, 0.15) is 11.5 Å². The van der Waals surface area contributed by atoms with Gasteiger partial charge in [0.15, 0.2) is 11.0 Å². The van der Waals surface area contributed by atoms with Crippen LogP contribution in [0.4, 0.5) is 15.9 Å². The molecule has 0 atom stereocenters. The normalized spacial score (nSPS) is 10.7. The van der Waals surface area contributed by atoms with Crippen LogP contribution < -0.4 is 16.6 Å². The predicted molar refractivity (Wildman–Crippen MR) is 110 cm³/mol. The predicted octanol–water partition coefficient (Wildman–Crippen LogP) is 4.34. The maximum absolute atomic E-state index is 13.0. The Labute approximate surface area is 173 Å². The van der Waals surface area contributed by atoms with Crippen molar-refractivity contribution >= 4 is 52.4 Å².